The predicted octanol–water partition coefficient (Wildman–Crippen LogP) is 3.91. The van der Waals surface area contributed by atoms with Gasteiger partial charge in [0.25, 0.3) is 0 Å². The first-order valence-electron chi connectivity index (χ1n) is 7.57. The molecular formula is C18H25NO2. The van der Waals surface area contributed by atoms with Crippen molar-refractivity contribution in [1.29, 1.82) is 0 Å². The summed E-state index contributed by atoms with van der Waals surface area (Å²) in [5.41, 5.74) is 7.10. The van der Waals surface area contributed by atoms with Gasteiger partial charge in [0, 0.05) is 23.6 Å². The van der Waals surface area contributed by atoms with Gasteiger partial charge in [0.2, 0.25) is 0 Å². The normalized spacial score (nSPS) is 12.8. The Labute approximate surface area is 127 Å². The van der Waals surface area contributed by atoms with Crippen LogP contribution in [0, 0.1) is 5.92 Å². The summed E-state index contributed by atoms with van der Waals surface area (Å²) >= 11 is 0. The van der Waals surface area contributed by atoms with Gasteiger partial charge in [-0.15, -0.1) is 0 Å². The van der Waals surface area contributed by atoms with Crippen molar-refractivity contribution in [2.24, 2.45) is 11.7 Å². The second-order valence-electron chi connectivity index (χ2n) is 5.81. The Hall–Kier alpha value is -1.58. The molecule has 0 aliphatic heterocycles. The van der Waals surface area contributed by atoms with E-state index in [1.54, 1.807) is 0 Å². The molecule has 1 unspecified atom stereocenters. The van der Waals surface area contributed by atoms with Crippen LogP contribution in [0.5, 0.6) is 5.75 Å². The number of hydrogen-bond acceptors (Lipinski definition) is 3. The van der Waals surface area contributed by atoms with Crippen LogP contribution in [0.25, 0.3) is 10.8 Å². The molecule has 1 atom stereocenters. The Kier molecular flexibility index (Phi) is 5.59. The second-order valence-corrected chi connectivity index (χ2v) is 5.81. The smallest absolute Gasteiger partial charge is 0.131 e. The number of fused-ring (bicyclic) bond motifs is 1. The monoisotopic (exact) mass is 287 g/mol. The van der Waals surface area contributed by atoms with Crippen LogP contribution in [0.15, 0.2) is 36.4 Å². The molecule has 0 spiro atoms. The molecule has 0 heterocycles. The minimum absolute atomic E-state index is 0.0545. The van der Waals surface area contributed by atoms with E-state index in [9.17, 15) is 0 Å². The van der Waals surface area contributed by atoms with Crippen LogP contribution in [0.1, 0.15) is 32.4 Å². The zero-order chi connectivity index (χ0) is 15.2. The lowest BCUT2D eigenvalue weighted by Gasteiger charge is -2.17. The third-order valence-electron chi connectivity index (χ3n) is 3.33. The lowest BCUT2D eigenvalue weighted by Crippen LogP contribution is -2.13. The van der Waals surface area contributed by atoms with Gasteiger partial charge < -0.3 is 15.2 Å². The first-order valence-corrected chi connectivity index (χ1v) is 7.57. The van der Waals surface area contributed by atoms with Crippen molar-refractivity contribution in [1.82, 2.24) is 0 Å². The SMILES string of the molecule is CC(C)COCCOc1c(C(C)N)ccc2ccccc12. The van der Waals surface area contributed by atoms with Crippen LogP contribution < -0.4 is 10.5 Å². The van der Waals surface area contributed by atoms with Gasteiger partial charge >= 0.3 is 0 Å². The van der Waals surface area contributed by atoms with Crippen LogP contribution in [-0.4, -0.2) is 19.8 Å². The highest BCUT2D eigenvalue weighted by atomic mass is 16.5. The zero-order valence-electron chi connectivity index (χ0n) is 13.1. The maximum absolute atomic E-state index is 6.06. The van der Waals surface area contributed by atoms with Gasteiger partial charge in [0.05, 0.1) is 6.61 Å². The van der Waals surface area contributed by atoms with Crippen molar-refractivity contribution in [3.05, 3.63) is 42.0 Å². The largest absolute Gasteiger partial charge is 0.490 e. The van der Waals surface area contributed by atoms with E-state index < -0.39 is 0 Å². The standard InChI is InChI=1S/C18H25NO2/c1-13(2)12-20-10-11-21-18-16(14(3)19)9-8-15-6-4-5-7-17(15)18/h4-9,13-14H,10-12,19H2,1-3H3. The molecule has 0 fully saturated rings. The molecule has 0 saturated carbocycles. The van der Waals surface area contributed by atoms with Crippen LogP contribution in [-0.2, 0) is 4.74 Å². The number of benzene rings is 2. The summed E-state index contributed by atoms with van der Waals surface area (Å²) < 4.78 is 11.6. The van der Waals surface area contributed by atoms with Crippen LogP contribution in [0.4, 0.5) is 0 Å². The minimum Gasteiger partial charge on any atom is -0.490 e. The summed E-state index contributed by atoms with van der Waals surface area (Å²) in [6.07, 6.45) is 0. The fourth-order valence-corrected chi connectivity index (χ4v) is 2.30. The molecule has 0 bridgehead atoms. The molecule has 3 heteroatoms. The second kappa shape index (κ2) is 7.43. The van der Waals surface area contributed by atoms with E-state index >= 15 is 0 Å². The van der Waals surface area contributed by atoms with Crippen molar-refractivity contribution in [2.45, 2.75) is 26.8 Å². The molecule has 2 N–H and O–H groups in total. The van der Waals surface area contributed by atoms with E-state index in [1.165, 1.54) is 5.39 Å². The summed E-state index contributed by atoms with van der Waals surface area (Å²) in [5, 5.41) is 2.27. The van der Waals surface area contributed by atoms with Crippen molar-refractivity contribution in [3.63, 3.8) is 0 Å². The fourth-order valence-electron chi connectivity index (χ4n) is 2.30. The fraction of sp³-hybridized carbons (Fsp3) is 0.444. The quantitative estimate of drug-likeness (QED) is 0.785. The van der Waals surface area contributed by atoms with Gasteiger partial charge in [0.15, 0.2) is 0 Å². The molecule has 0 aromatic heterocycles. The zero-order valence-corrected chi connectivity index (χ0v) is 13.1. The summed E-state index contributed by atoms with van der Waals surface area (Å²) in [6, 6.07) is 12.3. The summed E-state index contributed by atoms with van der Waals surface area (Å²) in [5.74, 6) is 1.43. The molecular weight excluding hydrogens is 262 g/mol. The highest BCUT2D eigenvalue weighted by Crippen LogP contribution is 2.32. The number of hydrogen-bond donors (Lipinski definition) is 1. The summed E-state index contributed by atoms with van der Waals surface area (Å²) in [6.45, 7) is 8.16. The summed E-state index contributed by atoms with van der Waals surface area (Å²) in [7, 11) is 0. The number of rotatable bonds is 7. The van der Waals surface area contributed by atoms with Gasteiger partial charge in [-0.3, -0.25) is 0 Å². The van der Waals surface area contributed by atoms with Crippen molar-refractivity contribution >= 4 is 10.8 Å². The van der Waals surface area contributed by atoms with E-state index in [0.29, 0.717) is 19.1 Å². The molecule has 2 aromatic carbocycles. The maximum Gasteiger partial charge on any atom is 0.131 e. The molecule has 0 radical (unpaired) electrons. The van der Waals surface area contributed by atoms with E-state index in [0.717, 1.165) is 23.3 Å². The Bertz CT molecular complexity index is 578. The Balaban J connectivity index is 2.14. The highest BCUT2D eigenvalue weighted by molar-refractivity contribution is 5.89. The Morgan fingerprint density at radius 1 is 1.00 bits per heavy atom. The van der Waals surface area contributed by atoms with Gasteiger partial charge in [-0.25, -0.2) is 0 Å². The lowest BCUT2D eigenvalue weighted by molar-refractivity contribution is 0.0820. The van der Waals surface area contributed by atoms with Crippen molar-refractivity contribution in [3.8, 4) is 5.75 Å². The molecule has 114 valence electrons. The van der Waals surface area contributed by atoms with Gasteiger partial charge in [0.1, 0.15) is 12.4 Å². The highest BCUT2D eigenvalue weighted by Gasteiger charge is 2.12. The van der Waals surface area contributed by atoms with Crippen LogP contribution >= 0.6 is 0 Å². The molecule has 2 aromatic rings. The van der Waals surface area contributed by atoms with E-state index in [1.807, 2.05) is 19.1 Å². The Morgan fingerprint density at radius 2 is 1.76 bits per heavy atom. The molecule has 0 aliphatic carbocycles. The molecule has 0 saturated heterocycles. The van der Waals surface area contributed by atoms with E-state index in [4.69, 9.17) is 15.2 Å². The molecule has 0 aliphatic rings. The average Bonchev–Trinajstić information content (AvgIpc) is 2.46. The molecule has 3 nitrogen and oxygen atoms in total. The van der Waals surface area contributed by atoms with Gasteiger partial charge in [-0.1, -0.05) is 50.2 Å². The van der Waals surface area contributed by atoms with Gasteiger partial charge in [-0.05, 0) is 18.2 Å². The summed E-state index contributed by atoms with van der Waals surface area (Å²) in [4.78, 5) is 0. The van der Waals surface area contributed by atoms with Crippen LogP contribution in [0.3, 0.4) is 0 Å². The molecule has 21 heavy (non-hydrogen) atoms. The first-order chi connectivity index (χ1) is 10.1. The van der Waals surface area contributed by atoms with Crippen LogP contribution in [0.2, 0.25) is 0 Å². The van der Waals surface area contributed by atoms with Gasteiger partial charge in [-0.2, -0.15) is 0 Å². The maximum atomic E-state index is 6.06. The third-order valence-corrected chi connectivity index (χ3v) is 3.33. The topological polar surface area (TPSA) is 44.5 Å². The Morgan fingerprint density at radius 3 is 2.48 bits per heavy atom. The molecule has 0 amide bonds. The first kappa shape index (κ1) is 15.8. The predicted molar refractivity (Wildman–Crippen MR) is 87.7 cm³/mol. The number of ether oxygens (including phenoxy) is 2. The third kappa shape index (κ3) is 4.19. The van der Waals surface area contributed by atoms with Crippen molar-refractivity contribution in [2.75, 3.05) is 19.8 Å². The van der Waals surface area contributed by atoms with E-state index in [-0.39, 0.29) is 6.04 Å². The number of nitrogens with two attached hydrogens (primary N) is 1. The lowest BCUT2D eigenvalue weighted by atomic mass is 10.0. The van der Waals surface area contributed by atoms with E-state index in [2.05, 4.69) is 38.1 Å². The van der Waals surface area contributed by atoms with Crippen molar-refractivity contribution < 1.29 is 9.47 Å². The molecule has 2 rings (SSSR count). The minimum atomic E-state index is -0.0545. The average molecular weight is 287 g/mol.